The van der Waals surface area contributed by atoms with Crippen molar-refractivity contribution < 1.29 is 19.1 Å². The van der Waals surface area contributed by atoms with E-state index in [0.29, 0.717) is 24.5 Å². The summed E-state index contributed by atoms with van der Waals surface area (Å²) in [5.74, 6) is 1.24. The van der Waals surface area contributed by atoms with E-state index in [1.165, 1.54) is 12.8 Å². The normalized spacial score (nSPS) is 19.7. The molecule has 0 aromatic heterocycles. The average Bonchev–Trinajstić information content (AvgIpc) is 3.14. The van der Waals surface area contributed by atoms with Crippen LogP contribution in [0.3, 0.4) is 0 Å². The highest BCUT2D eigenvalue weighted by atomic mass is 16.5. The molecule has 0 spiro atoms. The molecule has 1 atom stereocenters. The summed E-state index contributed by atoms with van der Waals surface area (Å²) >= 11 is 0. The quantitative estimate of drug-likeness (QED) is 0.492. The van der Waals surface area contributed by atoms with Gasteiger partial charge in [0, 0.05) is 12.6 Å². The summed E-state index contributed by atoms with van der Waals surface area (Å²) in [6.45, 7) is 4.59. The summed E-state index contributed by atoms with van der Waals surface area (Å²) in [7, 11) is 1.60. The van der Waals surface area contributed by atoms with E-state index >= 15 is 0 Å². The van der Waals surface area contributed by atoms with Gasteiger partial charge in [0.2, 0.25) is 5.91 Å². The molecular weight excluding hydrogens is 440 g/mol. The van der Waals surface area contributed by atoms with Crippen LogP contribution in [0.1, 0.15) is 69.5 Å². The predicted molar refractivity (Wildman–Crippen MR) is 137 cm³/mol. The smallest absolute Gasteiger partial charge is 0.250 e. The number of hydrogen-bond acceptors (Lipinski definition) is 4. The van der Waals surface area contributed by atoms with Crippen molar-refractivity contribution in [3.8, 4) is 11.5 Å². The zero-order valence-corrected chi connectivity index (χ0v) is 21.2. The highest BCUT2D eigenvalue weighted by Crippen LogP contribution is 2.37. The van der Waals surface area contributed by atoms with Gasteiger partial charge >= 0.3 is 0 Å². The monoisotopic (exact) mass is 478 g/mol. The van der Waals surface area contributed by atoms with E-state index in [2.05, 4.69) is 12.1 Å². The van der Waals surface area contributed by atoms with Crippen molar-refractivity contribution in [3.63, 3.8) is 0 Å². The highest BCUT2D eigenvalue weighted by molar-refractivity contribution is 5.96. The van der Waals surface area contributed by atoms with Gasteiger partial charge in [-0.05, 0) is 56.4 Å². The lowest BCUT2D eigenvalue weighted by Crippen LogP contribution is -2.58. The minimum Gasteiger partial charge on any atom is -0.493 e. The molecular formula is C29H38N2O4. The number of hydrogen-bond donors (Lipinski definition) is 0. The Labute approximate surface area is 209 Å². The number of methoxy groups -OCH3 is 1. The Morgan fingerprint density at radius 2 is 1.66 bits per heavy atom. The zero-order chi connectivity index (χ0) is 24.8. The predicted octanol–water partition coefficient (Wildman–Crippen LogP) is 5.16. The molecule has 1 heterocycles. The second kappa shape index (κ2) is 11.6. The third-order valence-corrected chi connectivity index (χ3v) is 7.07. The lowest BCUT2D eigenvalue weighted by Gasteiger charge is -2.43. The van der Waals surface area contributed by atoms with Gasteiger partial charge in [-0.2, -0.15) is 0 Å². The molecule has 1 aliphatic heterocycles. The fourth-order valence-electron chi connectivity index (χ4n) is 5.30. The number of rotatable bonds is 8. The molecule has 1 aliphatic carbocycles. The van der Waals surface area contributed by atoms with Gasteiger partial charge in [-0.3, -0.25) is 9.59 Å². The van der Waals surface area contributed by atoms with Crippen molar-refractivity contribution in [1.82, 2.24) is 9.80 Å². The molecule has 0 radical (unpaired) electrons. The van der Waals surface area contributed by atoms with Crippen LogP contribution in [0.15, 0.2) is 48.5 Å². The second-order valence-corrected chi connectivity index (χ2v) is 9.91. The van der Waals surface area contributed by atoms with Crippen molar-refractivity contribution in [3.05, 3.63) is 59.7 Å². The maximum Gasteiger partial charge on any atom is 0.250 e. The van der Waals surface area contributed by atoms with Crippen LogP contribution in [0, 0.1) is 0 Å². The Balaban J connectivity index is 1.66. The number of amides is 2. The molecule has 0 N–H and O–H groups in total. The van der Waals surface area contributed by atoms with Crippen molar-refractivity contribution in [2.24, 2.45) is 0 Å². The zero-order valence-electron chi connectivity index (χ0n) is 21.2. The first-order valence-corrected chi connectivity index (χ1v) is 13.0. The van der Waals surface area contributed by atoms with E-state index in [9.17, 15) is 9.59 Å². The van der Waals surface area contributed by atoms with Crippen LogP contribution in [-0.4, -0.2) is 54.0 Å². The number of piperazine rings is 1. The van der Waals surface area contributed by atoms with Crippen LogP contribution in [0.4, 0.5) is 0 Å². The summed E-state index contributed by atoms with van der Waals surface area (Å²) in [4.78, 5) is 31.2. The Kier molecular flexibility index (Phi) is 8.32. The topological polar surface area (TPSA) is 59.1 Å². The fraction of sp³-hybridized carbons (Fsp3) is 0.517. The molecule has 188 valence electrons. The van der Waals surface area contributed by atoms with Gasteiger partial charge in [0.25, 0.3) is 5.91 Å². The minimum absolute atomic E-state index is 0.000684. The molecule has 2 aliphatic rings. The van der Waals surface area contributed by atoms with E-state index in [-0.39, 0.29) is 30.5 Å². The molecule has 1 saturated carbocycles. The van der Waals surface area contributed by atoms with Crippen molar-refractivity contribution >= 4 is 11.8 Å². The minimum atomic E-state index is -0.662. The first kappa shape index (κ1) is 25.1. The SMILES string of the molecule is COc1cc([C@@H]2C(=O)N(C3CCCCCC3)CC(=O)N2CCc2ccccc2)ccc1OC(C)C. The van der Waals surface area contributed by atoms with Crippen LogP contribution in [0.5, 0.6) is 11.5 Å². The van der Waals surface area contributed by atoms with Gasteiger partial charge in [-0.15, -0.1) is 0 Å². The Morgan fingerprint density at radius 3 is 2.31 bits per heavy atom. The molecule has 2 aromatic carbocycles. The van der Waals surface area contributed by atoms with Gasteiger partial charge in [0.05, 0.1) is 13.2 Å². The van der Waals surface area contributed by atoms with Gasteiger partial charge in [0.1, 0.15) is 12.6 Å². The summed E-state index contributed by atoms with van der Waals surface area (Å²) in [6.07, 6.45) is 7.27. The van der Waals surface area contributed by atoms with Gasteiger partial charge in [0.15, 0.2) is 11.5 Å². The van der Waals surface area contributed by atoms with Crippen molar-refractivity contribution in [1.29, 1.82) is 0 Å². The maximum atomic E-state index is 14.0. The molecule has 6 nitrogen and oxygen atoms in total. The maximum absolute atomic E-state index is 14.0. The molecule has 2 aromatic rings. The summed E-state index contributed by atoms with van der Waals surface area (Å²) in [6, 6.07) is 15.2. The summed E-state index contributed by atoms with van der Waals surface area (Å²) < 4.78 is 11.5. The fourth-order valence-corrected chi connectivity index (χ4v) is 5.30. The van der Waals surface area contributed by atoms with Crippen molar-refractivity contribution in [2.75, 3.05) is 20.2 Å². The molecule has 2 amide bonds. The van der Waals surface area contributed by atoms with Crippen LogP contribution in [0.25, 0.3) is 0 Å². The molecule has 2 fully saturated rings. The first-order valence-electron chi connectivity index (χ1n) is 13.0. The molecule has 0 bridgehead atoms. The number of carbonyl (C=O) groups excluding carboxylic acids is 2. The number of nitrogens with zero attached hydrogens (tertiary/aromatic N) is 2. The number of ether oxygens (including phenoxy) is 2. The average molecular weight is 479 g/mol. The molecule has 0 unspecified atom stereocenters. The van der Waals surface area contributed by atoms with Gasteiger partial charge < -0.3 is 19.3 Å². The van der Waals surface area contributed by atoms with Crippen molar-refractivity contribution in [2.45, 2.75) is 77.0 Å². The molecule has 4 rings (SSSR count). The number of carbonyl (C=O) groups is 2. The summed E-state index contributed by atoms with van der Waals surface area (Å²) in [5, 5.41) is 0. The van der Waals surface area contributed by atoms with Crippen LogP contribution < -0.4 is 9.47 Å². The van der Waals surface area contributed by atoms with E-state index in [4.69, 9.17) is 9.47 Å². The lowest BCUT2D eigenvalue weighted by molar-refractivity contribution is -0.158. The van der Waals surface area contributed by atoms with Gasteiger partial charge in [-0.25, -0.2) is 0 Å². The second-order valence-electron chi connectivity index (χ2n) is 9.91. The van der Waals surface area contributed by atoms with E-state index in [0.717, 1.165) is 36.8 Å². The van der Waals surface area contributed by atoms with Crippen LogP contribution in [-0.2, 0) is 16.0 Å². The Hall–Kier alpha value is -3.02. The molecule has 6 heteroatoms. The third-order valence-electron chi connectivity index (χ3n) is 7.07. The Bertz CT molecular complexity index is 999. The standard InChI is InChI=1S/C29H38N2O4/c1-21(2)35-25-16-15-23(19-26(25)34-3)28-29(33)31(24-13-9-4-5-10-14-24)20-27(32)30(28)18-17-22-11-7-6-8-12-22/h6-8,11-12,15-16,19,21,24,28H,4-5,9-10,13-14,17-18,20H2,1-3H3/t28-/m1/s1. The highest BCUT2D eigenvalue weighted by Gasteiger charge is 2.42. The Morgan fingerprint density at radius 1 is 0.943 bits per heavy atom. The van der Waals surface area contributed by atoms with Crippen LogP contribution >= 0.6 is 0 Å². The van der Waals surface area contributed by atoms with Gasteiger partial charge in [-0.1, -0.05) is 62.1 Å². The third kappa shape index (κ3) is 5.98. The first-order chi connectivity index (χ1) is 17.0. The summed E-state index contributed by atoms with van der Waals surface area (Å²) in [5.41, 5.74) is 1.92. The van der Waals surface area contributed by atoms with Crippen LogP contribution in [0.2, 0.25) is 0 Å². The number of benzene rings is 2. The largest absolute Gasteiger partial charge is 0.493 e. The van der Waals surface area contributed by atoms with E-state index < -0.39 is 6.04 Å². The van der Waals surface area contributed by atoms with E-state index in [1.807, 2.05) is 55.1 Å². The molecule has 1 saturated heterocycles. The lowest BCUT2D eigenvalue weighted by atomic mass is 9.96. The van der Waals surface area contributed by atoms with E-state index in [1.54, 1.807) is 12.0 Å². The molecule has 35 heavy (non-hydrogen) atoms.